The monoisotopic (exact) mass is 430 g/mol. The number of alkyl carbamates (subject to hydrolysis) is 1. The third kappa shape index (κ3) is 5.47. The number of amides is 1. The lowest BCUT2D eigenvalue weighted by molar-refractivity contribution is -0.384. The van der Waals surface area contributed by atoms with Crippen LogP contribution in [0.25, 0.3) is 0 Å². The van der Waals surface area contributed by atoms with Crippen LogP contribution in [0.4, 0.5) is 16.2 Å². The van der Waals surface area contributed by atoms with Gasteiger partial charge < -0.3 is 19.9 Å². The van der Waals surface area contributed by atoms with Crippen LogP contribution in [0, 0.1) is 27.9 Å². The molecule has 0 radical (unpaired) electrons. The predicted molar refractivity (Wildman–Crippen MR) is 119 cm³/mol. The number of nitro groups is 1. The molecule has 0 spiro atoms. The van der Waals surface area contributed by atoms with Crippen molar-refractivity contribution in [1.82, 2.24) is 10.2 Å². The summed E-state index contributed by atoms with van der Waals surface area (Å²) < 4.78 is 5.37. The van der Waals surface area contributed by atoms with Crippen molar-refractivity contribution in [1.29, 1.82) is 0 Å². The molecule has 1 unspecified atom stereocenters. The minimum Gasteiger partial charge on any atom is -0.444 e. The zero-order chi connectivity index (χ0) is 22.2. The van der Waals surface area contributed by atoms with Gasteiger partial charge in [-0.15, -0.1) is 0 Å². The highest BCUT2D eigenvalue weighted by atomic mass is 16.6. The summed E-state index contributed by atoms with van der Waals surface area (Å²) in [6.07, 6.45) is 3.26. The van der Waals surface area contributed by atoms with Crippen molar-refractivity contribution in [3.8, 4) is 0 Å². The molecular formula is C23H34N4O4. The summed E-state index contributed by atoms with van der Waals surface area (Å²) >= 11 is 0. The second kappa shape index (κ2) is 8.65. The van der Waals surface area contributed by atoms with Crippen LogP contribution in [-0.2, 0) is 4.74 Å². The maximum absolute atomic E-state index is 11.9. The number of nitro benzene ring substituents is 1. The number of hydrogen-bond acceptors (Lipinski definition) is 6. The highest BCUT2D eigenvalue weighted by Crippen LogP contribution is 2.45. The van der Waals surface area contributed by atoms with Crippen molar-refractivity contribution in [3.63, 3.8) is 0 Å². The SMILES string of the molecule is CC(C)(C)OC(=O)NC1[C@H]2CN(CCC3CCN(c4ccc([N+](=O)[O-])cc4)CC3)C[C@@H]12. The summed E-state index contributed by atoms with van der Waals surface area (Å²) in [5.41, 5.74) is 0.770. The maximum atomic E-state index is 11.9. The van der Waals surface area contributed by atoms with Crippen LogP contribution < -0.4 is 10.2 Å². The molecule has 2 aliphatic heterocycles. The van der Waals surface area contributed by atoms with E-state index in [9.17, 15) is 14.9 Å². The molecule has 8 heteroatoms. The molecule has 1 amide bonds. The van der Waals surface area contributed by atoms with Crippen molar-refractivity contribution in [2.75, 3.05) is 37.6 Å². The Morgan fingerprint density at radius 1 is 1.16 bits per heavy atom. The van der Waals surface area contributed by atoms with Gasteiger partial charge in [-0.05, 0) is 76.5 Å². The second-order valence-electron chi connectivity index (χ2n) is 10.3. The number of carbonyl (C=O) groups is 1. The summed E-state index contributed by atoms with van der Waals surface area (Å²) in [4.78, 5) is 27.3. The van der Waals surface area contributed by atoms with Gasteiger partial charge in [0.2, 0.25) is 0 Å². The highest BCUT2D eigenvalue weighted by molar-refractivity contribution is 5.68. The van der Waals surface area contributed by atoms with Gasteiger partial charge in [-0.1, -0.05) is 0 Å². The number of piperidine rings is 2. The van der Waals surface area contributed by atoms with Crippen molar-refractivity contribution in [2.24, 2.45) is 17.8 Å². The number of ether oxygens (including phenoxy) is 1. The molecule has 1 aromatic carbocycles. The molecule has 1 N–H and O–H groups in total. The molecule has 2 saturated heterocycles. The van der Waals surface area contributed by atoms with Crippen LogP contribution in [0.5, 0.6) is 0 Å². The topological polar surface area (TPSA) is 88.0 Å². The zero-order valence-corrected chi connectivity index (χ0v) is 18.8. The number of likely N-dealkylation sites (tertiary alicyclic amines) is 1. The Morgan fingerprint density at radius 3 is 2.32 bits per heavy atom. The van der Waals surface area contributed by atoms with E-state index in [1.807, 2.05) is 32.9 Å². The summed E-state index contributed by atoms with van der Waals surface area (Å²) in [6.45, 7) is 11.0. The quantitative estimate of drug-likeness (QED) is 0.547. The molecule has 1 aromatic rings. The van der Waals surface area contributed by atoms with E-state index in [1.165, 1.54) is 19.3 Å². The molecule has 8 nitrogen and oxygen atoms in total. The summed E-state index contributed by atoms with van der Waals surface area (Å²) in [5, 5.41) is 13.9. The lowest BCUT2D eigenvalue weighted by Gasteiger charge is -2.34. The van der Waals surface area contributed by atoms with E-state index in [0.717, 1.165) is 44.3 Å². The number of anilines is 1. The summed E-state index contributed by atoms with van der Waals surface area (Å²) in [5.74, 6) is 1.90. The van der Waals surface area contributed by atoms with Gasteiger partial charge in [0.05, 0.1) is 4.92 Å². The zero-order valence-electron chi connectivity index (χ0n) is 18.8. The largest absolute Gasteiger partial charge is 0.444 e. The first-order chi connectivity index (χ1) is 14.7. The fourth-order valence-corrected chi connectivity index (χ4v) is 5.08. The van der Waals surface area contributed by atoms with Gasteiger partial charge >= 0.3 is 6.09 Å². The molecular weight excluding hydrogens is 396 g/mol. The van der Waals surface area contributed by atoms with Crippen LogP contribution in [0.2, 0.25) is 0 Å². The Kier molecular flexibility index (Phi) is 6.10. The van der Waals surface area contributed by atoms with Crippen LogP contribution in [0.15, 0.2) is 24.3 Å². The van der Waals surface area contributed by atoms with Crippen LogP contribution >= 0.6 is 0 Å². The van der Waals surface area contributed by atoms with E-state index >= 15 is 0 Å². The summed E-state index contributed by atoms with van der Waals surface area (Å²) in [7, 11) is 0. The summed E-state index contributed by atoms with van der Waals surface area (Å²) in [6, 6.07) is 7.18. The first-order valence-electron chi connectivity index (χ1n) is 11.4. The van der Waals surface area contributed by atoms with Crippen molar-refractivity contribution >= 4 is 17.5 Å². The number of benzene rings is 1. The van der Waals surface area contributed by atoms with E-state index in [1.54, 1.807) is 12.1 Å². The average molecular weight is 431 g/mol. The third-order valence-electron chi connectivity index (χ3n) is 6.85. The van der Waals surface area contributed by atoms with Gasteiger partial charge in [0.15, 0.2) is 0 Å². The molecule has 31 heavy (non-hydrogen) atoms. The Balaban J connectivity index is 1.13. The van der Waals surface area contributed by atoms with E-state index in [0.29, 0.717) is 11.8 Å². The predicted octanol–water partition coefficient (Wildman–Crippen LogP) is 3.66. The number of carbonyl (C=O) groups excluding carboxylic acids is 1. The fourth-order valence-electron chi connectivity index (χ4n) is 5.08. The molecule has 1 saturated carbocycles. The number of nitrogens with one attached hydrogen (secondary N) is 1. The Labute approximate surface area is 184 Å². The van der Waals surface area contributed by atoms with Gasteiger partial charge in [-0.2, -0.15) is 0 Å². The highest BCUT2D eigenvalue weighted by Gasteiger charge is 2.56. The number of hydrogen-bond donors (Lipinski definition) is 1. The Morgan fingerprint density at radius 2 is 1.77 bits per heavy atom. The third-order valence-corrected chi connectivity index (χ3v) is 6.85. The minimum atomic E-state index is -0.450. The standard InChI is InChI=1S/C23H34N4O4/c1-23(2,3)31-22(28)24-21-19-14-25(15-20(19)21)11-8-16-9-12-26(13-10-16)17-4-6-18(7-5-17)27(29)30/h4-7,16,19-21H,8-15H2,1-3H3,(H,24,28)/t19-,20+,21?. The van der Waals surface area contributed by atoms with E-state index in [2.05, 4.69) is 15.1 Å². The second-order valence-corrected chi connectivity index (χ2v) is 10.3. The average Bonchev–Trinajstić information content (AvgIpc) is 3.15. The number of nitrogens with zero attached hydrogens (tertiary/aromatic N) is 3. The molecule has 0 aromatic heterocycles. The van der Waals surface area contributed by atoms with Gasteiger partial charge in [0, 0.05) is 50.0 Å². The van der Waals surface area contributed by atoms with Crippen molar-refractivity contribution < 1.29 is 14.5 Å². The fraction of sp³-hybridized carbons (Fsp3) is 0.696. The van der Waals surface area contributed by atoms with Gasteiger partial charge in [0.1, 0.15) is 5.60 Å². The molecule has 4 rings (SSSR count). The molecule has 2 heterocycles. The molecule has 1 aliphatic carbocycles. The number of rotatable bonds is 6. The van der Waals surface area contributed by atoms with E-state index in [-0.39, 0.29) is 22.7 Å². The Hall–Kier alpha value is -2.35. The number of non-ortho nitro benzene ring substituents is 1. The van der Waals surface area contributed by atoms with Crippen LogP contribution in [0.3, 0.4) is 0 Å². The molecule has 3 fully saturated rings. The van der Waals surface area contributed by atoms with E-state index in [4.69, 9.17) is 4.74 Å². The number of fused-ring (bicyclic) bond motifs is 1. The van der Waals surface area contributed by atoms with E-state index < -0.39 is 5.60 Å². The Bertz CT molecular complexity index is 787. The lowest BCUT2D eigenvalue weighted by atomic mass is 9.93. The van der Waals surface area contributed by atoms with Crippen molar-refractivity contribution in [3.05, 3.63) is 34.4 Å². The van der Waals surface area contributed by atoms with Crippen LogP contribution in [0.1, 0.15) is 40.0 Å². The first kappa shape index (κ1) is 21.9. The first-order valence-corrected chi connectivity index (χ1v) is 11.4. The lowest BCUT2D eigenvalue weighted by Crippen LogP contribution is -2.39. The van der Waals surface area contributed by atoms with Crippen molar-refractivity contribution in [2.45, 2.75) is 51.7 Å². The maximum Gasteiger partial charge on any atom is 0.407 e. The normalized spacial score (nSPS) is 26.4. The molecule has 3 aliphatic rings. The van der Waals surface area contributed by atoms with Gasteiger partial charge in [-0.3, -0.25) is 10.1 Å². The van der Waals surface area contributed by atoms with Gasteiger partial charge in [0.25, 0.3) is 5.69 Å². The molecule has 3 atom stereocenters. The smallest absolute Gasteiger partial charge is 0.407 e. The molecule has 0 bridgehead atoms. The van der Waals surface area contributed by atoms with Crippen LogP contribution in [-0.4, -0.2) is 60.3 Å². The minimum absolute atomic E-state index is 0.144. The van der Waals surface area contributed by atoms with Gasteiger partial charge in [-0.25, -0.2) is 4.79 Å². The molecule has 170 valence electrons.